The predicted octanol–water partition coefficient (Wildman–Crippen LogP) is 5.63. The van der Waals surface area contributed by atoms with Crippen LogP contribution in [0.25, 0.3) is 0 Å². The summed E-state index contributed by atoms with van der Waals surface area (Å²) in [6, 6.07) is 0. The van der Waals surface area contributed by atoms with Crippen molar-refractivity contribution >= 4 is 8.40 Å². The molecule has 212 valence electrons. The van der Waals surface area contributed by atoms with Crippen molar-refractivity contribution < 1.29 is 96.6 Å². The van der Waals surface area contributed by atoms with Crippen molar-refractivity contribution in [1.29, 1.82) is 0 Å². The van der Waals surface area contributed by atoms with Crippen LogP contribution in [0.2, 0.25) is 0 Å². The van der Waals surface area contributed by atoms with Gasteiger partial charge in [-0.3, -0.25) is 0 Å². The fourth-order valence-corrected chi connectivity index (χ4v) is 3.61. The Morgan fingerprint density at radius 3 is 0.600 bits per heavy atom. The van der Waals surface area contributed by atoms with E-state index in [1.54, 1.807) is 0 Å². The number of halogens is 22. The second-order valence-corrected chi connectivity index (χ2v) is 9.45. The topological polar surface area (TPSA) is 52.0 Å². The van der Waals surface area contributed by atoms with Crippen molar-refractivity contribution in [2.24, 2.45) is 10.8 Å². The SMILES string of the molecule is N[Si](N)(C(F)(F)C(F)(F)C(F)(F)C(F)(F)C(F)(F)F)C(F)(F)C(F)(F)C(F)(F)C(F)(F)C(F)(F)F. The Bertz CT molecular complexity index is 725. The third-order valence-electron chi connectivity index (χ3n) is 4.12. The van der Waals surface area contributed by atoms with E-state index >= 15 is 0 Å². The van der Waals surface area contributed by atoms with Gasteiger partial charge in [0.05, 0.1) is 0 Å². The maximum absolute atomic E-state index is 13.8. The molecule has 0 aliphatic heterocycles. The molecular weight excluding hydrogens is 594 g/mol. The summed E-state index contributed by atoms with van der Waals surface area (Å²) in [5, 5.41) is 6.96. The minimum atomic E-state index is -9.45. The fourth-order valence-electron chi connectivity index (χ4n) is 1.86. The third kappa shape index (κ3) is 3.89. The summed E-state index contributed by atoms with van der Waals surface area (Å²) in [4.78, 5) is 0. The normalized spacial score (nSPS) is 17.1. The van der Waals surface area contributed by atoms with Gasteiger partial charge >= 0.3 is 67.4 Å². The number of rotatable bonds is 8. The Labute approximate surface area is 176 Å². The average molecular weight is 598 g/mol. The summed E-state index contributed by atoms with van der Waals surface area (Å²) in [7, 11) is -9.45. The van der Waals surface area contributed by atoms with Crippen LogP contribution in [0.15, 0.2) is 0 Å². The van der Waals surface area contributed by atoms with Gasteiger partial charge in [0.15, 0.2) is 0 Å². The third-order valence-corrected chi connectivity index (χ3v) is 6.82. The molecule has 0 aliphatic rings. The van der Waals surface area contributed by atoms with E-state index in [-0.39, 0.29) is 0 Å². The molecule has 0 spiro atoms. The highest BCUT2D eigenvalue weighted by Gasteiger charge is 2.97. The second-order valence-electron chi connectivity index (χ2n) is 6.46. The first-order chi connectivity index (χ1) is 14.5. The molecule has 0 radical (unpaired) electrons. The molecule has 0 fully saturated rings. The molecule has 25 heteroatoms. The Hall–Kier alpha value is -1.40. The van der Waals surface area contributed by atoms with Crippen molar-refractivity contribution in [3.63, 3.8) is 0 Å². The van der Waals surface area contributed by atoms with E-state index in [2.05, 4.69) is 10.8 Å². The van der Waals surface area contributed by atoms with E-state index in [1.165, 1.54) is 0 Å². The Morgan fingerprint density at radius 2 is 0.457 bits per heavy atom. The average Bonchev–Trinajstić information content (AvgIpc) is 2.58. The van der Waals surface area contributed by atoms with E-state index < -0.39 is 67.4 Å². The molecule has 0 rings (SSSR count). The molecule has 0 amide bonds. The van der Waals surface area contributed by atoms with E-state index in [0.29, 0.717) is 0 Å². The smallest absolute Gasteiger partial charge is 0.330 e. The second kappa shape index (κ2) is 7.80. The molecule has 0 saturated carbocycles. The molecule has 0 aliphatic carbocycles. The van der Waals surface area contributed by atoms with Crippen molar-refractivity contribution in [1.82, 2.24) is 0 Å². The highest BCUT2D eigenvalue weighted by molar-refractivity contribution is 6.79. The molecule has 0 unspecified atom stereocenters. The standard InChI is InChI=1S/C10H4F22N2Si/c11-1(12,3(15,16)7(23,24)25)5(19,20)9(29,30)35(33,34)10(31,32)6(21,22)2(13,14)4(17,18)8(26,27)28/h33-34H2. The number of nitrogens with two attached hydrogens (primary N) is 2. The van der Waals surface area contributed by atoms with Gasteiger partial charge in [0.1, 0.15) is 0 Å². The maximum Gasteiger partial charge on any atom is 0.460 e. The maximum atomic E-state index is 13.8. The van der Waals surface area contributed by atoms with Crippen LogP contribution in [0.1, 0.15) is 0 Å². The lowest BCUT2D eigenvalue weighted by Gasteiger charge is -2.46. The lowest BCUT2D eigenvalue weighted by molar-refractivity contribution is -0.421. The Morgan fingerprint density at radius 1 is 0.286 bits per heavy atom. The minimum Gasteiger partial charge on any atom is -0.330 e. The van der Waals surface area contributed by atoms with Crippen LogP contribution in [0.4, 0.5) is 96.6 Å². The lowest BCUT2D eigenvalue weighted by atomic mass is 10.0. The zero-order valence-electron chi connectivity index (χ0n) is 15.0. The zero-order valence-corrected chi connectivity index (χ0v) is 16.0. The quantitative estimate of drug-likeness (QED) is 0.281. The van der Waals surface area contributed by atoms with Crippen molar-refractivity contribution in [3.05, 3.63) is 0 Å². The van der Waals surface area contributed by atoms with E-state index in [4.69, 9.17) is 0 Å². The van der Waals surface area contributed by atoms with Gasteiger partial charge in [-0.15, -0.1) is 0 Å². The molecule has 0 aromatic heterocycles. The number of alkyl halides is 22. The molecule has 0 heterocycles. The first kappa shape index (κ1) is 33.6. The Kier molecular flexibility index (Phi) is 7.49. The first-order valence-corrected chi connectivity index (χ1v) is 9.39. The van der Waals surface area contributed by atoms with Crippen molar-refractivity contribution in [3.8, 4) is 0 Å². The molecular formula is C10H4F22N2Si. The lowest BCUT2D eigenvalue weighted by Crippen LogP contribution is -2.90. The number of hydrogen-bond acceptors (Lipinski definition) is 2. The van der Waals surface area contributed by atoms with Gasteiger partial charge in [0, 0.05) is 0 Å². The highest BCUT2D eigenvalue weighted by Crippen LogP contribution is 2.63. The molecule has 35 heavy (non-hydrogen) atoms. The summed E-state index contributed by atoms with van der Waals surface area (Å²) in [5.74, 6) is -51.4. The van der Waals surface area contributed by atoms with Crippen LogP contribution in [-0.4, -0.2) is 67.4 Å². The van der Waals surface area contributed by atoms with Gasteiger partial charge < -0.3 is 10.8 Å². The molecule has 4 N–H and O–H groups in total. The van der Waals surface area contributed by atoms with Crippen LogP contribution in [0.3, 0.4) is 0 Å². The van der Waals surface area contributed by atoms with E-state index in [0.717, 1.165) is 0 Å². The molecule has 0 aromatic carbocycles. The molecule has 0 saturated heterocycles. The summed E-state index contributed by atoms with van der Waals surface area (Å²) >= 11 is 0. The molecule has 0 atom stereocenters. The molecule has 2 nitrogen and oxygen atoms in total. The monoisotopic (exact) mass is 598 g/mol. The van der Waals surface area contributed by atoms with Crippen LogP contribution in [-0.2, 0) is 0 Å². The Balaban J connectivity index is 7.15. The molecule has 0 aromatic rings. The zero-order chi connectivity index (χ0) is 29.5. The minimum absolute atomic E-state index is 3.48. The van der Waals surface area contributed by atoms with Gasteiger partial charge in [-0.2, -0.15) is 79.0 Å². The van der Waals surface area contributed by atoms with Crippen LogP contribution >= 0.6 is 0 Å². The number of hydrogen-bond donors (Lipinski definition) is 2. The van der Waals surface area contributed by atoms with Crippen molar-refractivity contribution in [2.45, 2.75) is 59.0 Å². The highest BCUT2D eigenvalue weighted by atomic mass is 28.4. The van der Waals surface area contributed by atoms with Crippen LogP contribution in [0, 0.1) is 0 Å². The predicted molar refractivity (Wildman–Crippen MR) is 65.8 cm³/mol. The van der Waals surface area contributed by atoms with Crippen LogP contribution in [0.5, 0.6) is 0 Å². The summed E-state index contributed by atoms with van der Waals surface area (Å²) in [6.45, 7) is 0. The van der Waals surface area contributed by atoms with Gasteiger partial charge in [-0.25, -0.2) is 17.6 Å². The van der Waals surface area contributed by atoms with E-state index in [9.17, 15) is 96.6 Å². The summed E-state index contributed by atoms with van der Waals surface area (Å²) < 4.78 is 284. The van der Waals surface area contributed by atoms with E-state index in [1.807, 2.05) is 0 Å². The summed E-state index contributed by atoms with van der Waals surface area (Å²) in [5.41, 5.74) is -16.8. The fraction of sp³-hybridized carbons (Fsp3) is 1.00. The van der Waals surface area contributed by atoms with Gasteiger partial charge in [0.2, 0.25) is 0 Å². The first-order valence-electron chi connectivity index (χ1n) is 7.23. The van der Waals surface area contributed by atoms with Crippen LogP contribution < -0.4 is 10.8 Å². The largest absolute Gasteiger partial charge is 0.460 e. The molecule has 0 bridgehead atoms. The van der Waals surface area contributed by atoms with Gasteiger partial charge in [-0.05, 0) is 0 Å². The summed E-state index contributed by atoms with van der Waals surface area (Å²) in [6.07, 6.45) is -15.9. The van der Waals surface area contributed by atoms with Crippen molar-refractivity contribution in [2.75, 3.05) is 0 Å². The van der Waals surface area contributed by atoms with Gasteiger partial charge in [0.25, 0.3) is 0 Å². The van der Waals surface area contributed by atoms with Gasteiger partial charge in [-0.1, -0.05) is 0 Å².